The van der Waals surface area contributed by atoms with Crippen molar-refractivity contribution in [3.63, 3.8) is 0 Å². The molecule has 2 rings (SSSR count). The molecule has 2 fully saturated rings. The highest BCUT2D eigenvalue weighted by atomic mass is 16.2. The largest absolute Gasteiger partial charge is 0.335 e. The molecule has 1 heterocycles. The van der Waals surface area contributed by atoms with Gasteiger partial charge in [0.2, 0.25) is 0 Å². The van der Waals surface area contributed by atoms with Crippen LogP contribution in [0, 0.1) is 5.92 Å². The van der Waals surface area contributed by atoms with Gasteiger partial charge in [0.1, 0.15) is 0 Å². The molecule has 1 saturated carbocycles. The number of hydrogen-bond donors (Lipinski definition) is 2. The molecule has 0 radical (unpaired) electrons. The van der Waals surface area contributed by atoms with Crippen LogP contribution < -0.4 is 10.6 Å². The lowest BCUT2D eigenvalue weighted by molar-refractivity contribution is 0.190. The maximum atomic E-state index is 12.0. The Morgan fingerprint density at radius 2 is 1.88 bits per heavy atom. The minimum Gasteiger partial charge on any atom is -0.335 e. The van der Waals surface area contributed by atoms with Gasteiger partial charge in [-0.1, -0.05) is 12.8 Å². The van der Waals surface area contributed by atoms with Gasteiger partial charge in [0.05, 0.1) is 0 Å². The number of hydrogen-bond acceptors (Lipinski definition) is 2. The van der Waals surface area contributed by atoms with Gasteiger partial charge >= 0.3 is 6.03 Å². The molecule has 98 valence electrons. The Bertz CT molecular complexity index is 245. The summed E-state index contributed by atoms with van der Waals surface area (Å²) in [6, 6.07) is 0.549. The molecule has 2 amide bonds. The van der Waals surface area contributed by atoms with Crippen molar-refractivity contribution >= 4 is 6.03 Å². The van der Waals surface area contributed by atoms with E-state index in [1.54, 1.807) is 0 Å². The highest BCUT2D eigenvalue weighted by Crippen LogP contribution is 2.18. The molecule has 1 aliphatic carbocycles. The van der Waals surface area contributed by atoms with Gasteiger partial charge in [0.25, 0.3) is 0 Å². The summed E-state index contributed by atoms with van der Waals surface area (Å²) in [5, 5.41) is 6.50. The summed E-state index contributed by atoms with van der Waals surface area (Å²) < 4.78 is 0. The molecule has 1 saturated heterocycles. The fourth-order valence-corrected chi connectivity index (χ4v) is 2.89. The average molecular weight is 239 g/mol. The van der Waals surface area contributed by atoms with Gasteiger partial charge in [-0.3, -0.25) is 0 Å². The number of urea groups is 1. The molecule has 4 nitrogen and oxygen atoms in total. The molecule has 0 aromatic carbocycles. The van der Waals surface area contributed by atoms with Crippen LogP contribution in [0.4, 0.5) is 4.79 Å². The first-order valence-electron chi connectivity index (χ1n) is 6.98. The van der Waals surface area contributed by atoms with Crippen LogP contribution in [0.15, 0.2) is 0 Å². The van der Waals surface area contributed by atoms with E-state index in [2.05, 4.69) is 10.6 Å². The molecular weight excluding hydrogens is 214 g/mol. The van der Waals surface area contributed by atoms with Gasteiger partial charge < -0.3 is 15.5 Å². The van der Waals surface area contributed by atoms with E-state index in [9.17, 15) is 4.79 Å². The normalized spacial score (nSPS) is 22.6. The lowest BCUT2D eigenvalue weighted by atomic mass is 9.98. The van der Waals surface area contributed by atoms with E-state index in [4.69, 9.17) is 0 Å². The van der Waals surface area contributed by atoms with Crippen LogP contribution >= 0.6 is 0 Å². The molecule has 0 spiro atoms. The van der Waals surface area contributed by atoms with Crippen molar-refractivity contribution in [3.8, 4) is 0 Å². The molecule has 0 unspecified atom stereocenters. The van der Waals surface area contributed by atoms with E-state index in [0.29, 0.717) is 12.0 Å². The van der Waals surface area contributed by atoms with Gasteiger partial charge in [-0.05, 0) is 44.7 Å². The van der Waals surface area contributed by atoms with E-state index in [0.717, 1.165) is 32.5 Å². The van der Waals surface area contributed by atoms with Crippen LogP contribution in [0.5, 0.6) is 0 Å². The summed E-state index contributed by atoms with van der Waals surface area (Å²) in [5.74, 6) is 0.676. The zero-order valence-electron chi connectivity index (χ0n) is 10.9. The molecule has 2 N–H and O–H groups in total. The average Bonchev–Trinajstić information content (AvgIpc) is 2.83. The Morgan fingerprint density at radius 1 is 1.24 bits per heavy atom. The number of rotatable bonds is 3. The fourth-order valence-electron chi connectivity index (χ4n) is 2.89. The van der Waals surface area contributed by atoms with Crippen LogP contribution in [0.1, 0.15) is 38.5 Å². The van der Waals surface area contributed by atoms with Crippen molar-refractivity contribution < 1.29 is 4.79 Å². The Morgan fingerprint density at radius 3 is 2.53 bits per heavy atom. The Kier molecular flexibility index (Phi) is 4.66. The van der Waals surface area contributed by atoms with Crippen LogP contribution in [0.2, 0.25) is 0 Å². The molecule has 17 heavy (non-hydrogen) atoms. The number of nitrogens with zero attached hydrogens (tertiary/aromatic N) is 1. The third-order valence-corrected chi connectivity index (χ3v) is 4.02. The van der Waals surface area contributed by atoms with Gasteiger partial charge in [-0.15, -0.1) is 0 Å². The van der Waals surface area contributed by atoms with Crippen molar-refractivity contribution in [3.05, 3.63) is 0 Å². The predicted octanol–water partition coefficient (Wildman–Crippen LogP) is 1.57. The molecular formula is C13H25N3O. The predicted molar refractivity (Wildman–Crippen MR) is 69.0 cm³/mol. The first kappa shape index (κ1) is 12.7. The fraction of sp³-hybridized carbons (Fsp3) is 0.923. The lowest BCUT2D eigenvalue weighted by Crippen LogP contribution is -2.45. The Hall–Kier alpha value is -0.770. The minimum atomic E-state index is 0.121. The summed E-state index contributed by atoms with van der Waals surface area (Å²) in [7, 11) is 1.92. The summed E-state index contributed by atoms with van der Waals surface area (Å²) in [6.07, 6.45) is 7.24. The molecule has 0 atom stereocenters. The Labute approximate surface area is 104 Å². The molecule has 0 bridgehead atoms. The second-order valence-electron chi connectivity index (χ2n) is 5.50. The van der Waals surface area contributed by atoms with Crippen molar-refractivity contribution in [2.45, 2.75) is 44.6 Å². The van der Waals surface area contributed by atoms with E-state index in [1.807, 2.05) is 11.9 Å². The molecule has 0 aromatic rings. The quantitative estimate of drug-likeness (QED) is 0.785. The summed E-state index contributed by atoms with van der Waals surface area (Å²) >= 11 is 0. The van der Waals surface area contributed by atoms with Crippen molar-refractivity contribution in [1.29, 1.82) is 0 Å². The highest BCUT2D eigenvalue weighted by molar-refractivity contribution is 5.74. The summed E-state index contributed by atoms with van der Waals surface area (Å²) in [5.41, 5.74) is 0. The number of nitrogens with one attached hydrogen (secondary N) is 2. The number of amides is 2. The van der Waals surface area contributed by atoms with E-state index in [-0.39, 0.29) is 6.03 Å². The number of carbonyl (C=O) groups is 1. The van der Waals surface area contributed by atoms with Crippen LogP contribution in [-0.4, -0.2) is 43.7 Å². The van der Waals surface area contributed by atoms with Crippen LogP contribution in [0.3, 0.4) is 0 Å². The minimum absolute atomic E-state index is 0.121. The highest BCUT2D eigenvalue weighted by Gasteiger charge is 2.21. The Balaban J connectivity index is 1.70. The van der Waals surface area contributed by atoms with Gasteiger partial charge in [-0.2, -0.15) is 0 Å². The third kappa shape index (κ3) is 3.87. The van der Waals surface area contributed by atoms with Crippen molar-refractivity contribution in [2.75, 3.05) is 26.7 Å². The first-order valence-corrected chi connectivity index (χ1v) is 6.98. The monoisotopic (exact) mass is 239 g/mol. The van der Waals surface area contributed by atoms with Gasteiger partial charge in [-0.25, -0.2) is 4.79 Å². The van der Waals surface area contributed by atoms with Crippen LogP contribution in [-0.2, 0) is 0 Å². The number of carbonyl (C=O) groups excluding carboxylic acids is 1. The standard InChI is InChI=1S/C13H25N3O/c1-16(10-11-6-8-14-9-7-11)13(17)15-12-4-2-3-5-12/h11-12,14H,2-10H2,1H3,(H,15,17). The lowest BCUT2D eigenvalue weighted by Gasteiger charge is -2.28. The maximum absolute atomic E-state index is 12.0. The van der Waals surface area contributed by atoms with E-state index >= 15 is 0 Å². The molecule has 4 heteroatoms. The van der Waals surface area contributed by atoms with Crippen molar-refractivity contribution in [1.82, 2.24) is 15.5 Å². The topological polar surface area (TPSA) is 44.4 Å². The second-order valence-corrected chi connectivity index (χ2v) is 5.50. The van der Waals surface area contributed by atoms with E-state index < -0.39 is 0 Å². The molecule has 1 aliphatic heterocycles. The van der Waals surface area contributed by atoms with E-state index in [1.165, 1.54) is 25.7 Å². The summed E-state index contributed by atoms with van der Waals surface area (Å²) in [4.78, 5) is 13.8. The zero-order chi connectivity index (χ0) is 12.1. The summed E-state index contributed by atoms with van der Waals surface area (Å²) in [6.45, 7) is 3.10. The smallest absolute Gasteiger partial charge is 0.317 e. The van der Waals surface area contributed by atoms with Gasteiger partial charge in [0.15, 0.2) is 0 Å². The first-order chi connectivity index (χ1) is 8.25. The van der Waals surface area contributed by atoms with Crippen LogP contribution in [0.25, 0.3) is 0 Å². The molecule has 2 aliphatic rings. The van der Waals surface area contributed by atoms with Crippen molar-refractivity contribution in [2.24, 2.45) is 5.92 Å². The molecule has 0 aromatic heterocycles. The van der Waals surface area contributed by atoms with Gasteiger partial charge in [0, 0.05) is 19.6 Å². The zero-order valence-corrected chi connectivity index (χ0v) is 10.9. The third-order valence-electron chi connectivity index (χ3n) is 4.02. The number of piperidine rings is 1. The SMILES string of the molecule is CN(CC1CCNCC1)C(=O)NC1CCCC1. The maximum Gasteiger partial charge on any atom is 0.317 e. The second kappa shape index (κ2) is 6.24.